The van der Waals surface area contributed by atoms with Crippen molar-refractivity contribution in [3.8, 4) is 0 Å². The van der Waals surface area contributed by atoms with E-state index in [4.69, 9.17) is 9.47 Å². The van der Waals surface area contributed by atoms with Crippen LogP contribution in [0.4, 0.5) is 4.79 Å². The zero-order valence-electron chi connectivity index (χ0n) is 11.8. The van der Waals surface area contributed by atoms with Crippen molar-refractivity contribution in [1.82, 2.24) is 9.80 Å². The molecule has 1 atom stereocenters. The van der Waals surface area contributed by atoms with Crippen LogP contribution in [0, 0.1) is 0 Å². The molecule has 0 aromatic carbocycles. The Kier molecular flexibility index (Phi) is 3.82. The van der Waals surface area contributed by atoms with Gasteiger partial charge in [0.05, 0.1) is 19.3 Å². The highest BCUT2D eigenvalue weighted by atomic mass is 16.6. The molecule has 18 heavy (non-hydrogen) atoms. The van der Waals surface area contributed by atoms with Crippen molar-refractivity contribution >= 4 is 6.09 Å². The zero-order valence-corrected chi connectivity index (χ0v) is 11.8. The number of piperazine rings is 1. The van der Waals surface area contributed by atoms with Crippen LogP contribution < -0.4 is 0 Å². The molecule has 2 heterocycles. The summed E-state index contributed by atoms with van der Waals surface area (Å²) in [4.78, 5) is 16.2. The van der Waals surface area contributed by atoms with Crippen molar-refractivity contribution in [1.29, 1.82) is 0 Å². The third-order valence-corrected chi connectivity index (χ3v) is 3.42. The molecule has 0 bridgehead atoms. The Bertz CT molecular complexity index is 310. The Morgan fingerprint density at radius 2 is 1.94 bits per heavy atom. The van der Waals surface area contributed by atoms with Gasteiger partial charge in [0.2, 0.25) is 0 Å². The zero-order chi connectivity index (χ0) is 13.3. The summed E-state index contributed by atoms with van der Waals surface area (Å²) in [5, 5.41) is 0. The number of hydrogen-bond donors (Lipinski definition) is 0. The van der Waals surface area contributed by atoms with E-state index in [-0.39, 0.29) is 6.09 Å². The molecule has 5 nitrogen and oxygen atoms in total. The number of rotatable bonds is 1. The molecule has 0 unspecified atom stereocenters. The average molecular weight is 256 g/mol. The van der Waals surface area contributed by atoms with E-state index in [9.17, 15) is 4.79 Å². The van der Waals surface area contributed by atoms with Crippen molar-refractivity contribution in [2.24, 2.45) is 0 Å². The molecule has 5 heteroatoms. The fourth-order valence-electron chi connectivity index (χ4n) is 2.42. The van der Waals surface area contributed by atoms with Crippen molar-refractivity contribution in [3.05, 3.63) is 0 Å². The Hall–Kier alpha value is -0.810. The predicted molar refractivity (Wildman–Crippen MR) is 68.6 cm³/mol. The summed E-state index contributed by atoms with van der Waals surface area (Å²) < 4.78 is 10.6. The molecule has 2 fully saturated rings. The van der Waals surface area contributed by atoms with E-state index in [0.717, 1.165) is 32.8 Å². The SMILES string of the molecule is C[C@H]1CN(C(=O)OC(C)(C)C)CCN1C1COC1. The lowest BCUT2D eigenvalue weighted by atomic mass is 10.1. The van der Waals surface area contributed by atoms with Gasteiger partial charge in [-0.3, -0.25) is 4.90 Å². The standard InChI is InChI=1S/C13H24N2O3/c1-10-7-14(12(16)18-13(2,3)4)5-6-15(10)11-8-17-9-11/h10-11H,5-9H2,1-4H3/t10-/m0/s1. The predicted octanol–water partition coefficient (Wildman–Crippen LogP) is 1.33. The average Bonchev–Trinajstić information content (AvgIpc) is 2.15. The van der Waals surface area contributed by atoms with Crippen LogP contribution in [0.25, 0.3) is 0 Å². The minimum absolute atomic E-state index is 0.196. The van der Waals surface area contributed by atoms with Gasteiger partial charge in [0.15, 0.2) is 0 Å². The van der Waals surface area contributed by atoms with Crippen molar-refractivity contribution in [3.63, 3.8) is 0 Å². The molecule has 1 amide bonds. The molecule has 0 N–H and O–H groups in total. The topological polar surface area (TPSA) is 42.0 Å². The van der Waals surface area contributed by atoms with Crippen LogP contribution in [0.3, 0.4) is 0 Å². The van der Waals surface area contributed by atoms with Gasteiger partial charge in [-0.15, -0.1) is 0 Å². The summed E-state index contributed by atoms with van der Waals surface area (Å²) in [7, 11) is 0. The maximum atomic E-state index is 12.0. The lowest BCUT2D eigenvalue weighted by Crippen LogP contribution is -2.61. The summed E-state index contributed by atoms with van der Waals surface area (Å²) in [6.07, 6.45) is -0.196. The van der Waals surface area contributed by atoms with Crippen LogP contribution in [0.2, 0.25) is 0 Å². The summed E-state index contributed by atoms with van der Waals surface area (Å²) in [6, 6.07) is 0.918. The molecule has 0 spiro atoms. The summed E-state index contributed by atoms with van der Waals surface area (Å²) in [5.41, 5.74) is -0.417. The molecule has 0 saturated carbocycles. The monoisotopic (exact) mass is 256 g/mol. The fraction of sp³-hybridized carbons (Fsp3) is 0.923. The summed E-state index contributed by atoms with van der Waals surface area (Å²) >= 11 is 0. The molecule has 0 aromatic rings. The summed E-state index contributed by atoms with van der Waals surface area (Å²) in [6.45, 7) is 11.9. The van der Waals surface area contributed by atoms with Gasteiger partial charge in [-0.05, 0) is 27.7 Å². The van der Waals surface area contributed by atoms with Crippen LogP contribution in [-0.4, -0.2) is 66.4 Å². The molecular weight excluding hydrogens is 232 g/mol. The number of ether oxygens (including phenoxy) is 2. The maximum absolute atomic E-state index is 12.0. The van der Waals surface area contributed by atoms with Gasteiger partial charge < -0.3 is 14.4 Å². The van der Waals surface area contributed by atoms with E-state index in [0.29, 0.717) is 12.1 Å². The highest BCUT2D eigenvalue weighted by Gasteiger charge is 2.35. The maximum Gasteiger partial charge on any atom is 0.410 e. The highest BCUT2D eigenvalue weighted by molar-refractivity contribution is 5.68. The molecule has 2 rings (SSSR count). The third kappa shape index (κ3) is 3.14. The lowest BCUT2D eigenvalue weighted by molar-refractivity contribution is -0.0934. The normalized spacial score (nSPS) is 26.9. The Morgan fingerprint density at radius 1 is 1.28 bits per heavy atom. The Balaban J connectivity index is 1.85. The second kappa shape index (κ2) is 5.05. The second-order valence-electron chi connectivity index (χ2n) is 6.20. The Labute approximate surface area is 109 Å². The minimum atomic E-state index is -0.417. The molecule has 2 aliphatic heterocycles. The second-order valence-corrected chi connectivity index (χ2v) is 6.20. The van der Waals surface area contributed by atoms with E-state index >= 15 is 0 Å². The molecular formula is C13H24N2O3. The molecule has 2 aliphatic rings. The summed E-state index contributed by atoms with van der Waals surface area (Å²) in [5.74, 6) is 0. The van der Waals surface area contributed by atoms with E-state index < -0.39 is 5.60 Å². The molecule has 2 saturated heterocycles. The van der Waals surface area contributed by atoms with Crippen LogP contribution in [0.5, 0.6) is 0 Å². The molecule has 104 valence electrons. The lowest BCUT2D eigenvalue weighted by Gasteiger charge is -2.46. The largest absolute Gasteiger partial charge is 0.444 e. The number of amides is 1. The first-order chi connectivity index (χ1) is 8.37. The van der Waals surface area contributed by atoms with Crippen LogP contribution in [0.15, 0.2) is 0 Å². The third-order valence-electron chi connectivity index (χ3n) is 3.42. The van der Waals surface area contributed by atoms with Gasteiger partial charge in [-0.1, -0.05) is 0 Å². The van der Waals surface area contributed by atoms with Crippen LogP contribution in [0.1, 0.15) is 27.7 Å². The van der Waals surface area contributed by atoms with E-state index in [1.165, 1.54) is 0 Å². The minimum Gasteiger partial charge on any atom is -0.444 e. The first-order valence-electron chi connectivity index (χ1n) is 6.68. The van der Waals surface area contributed by atoms with Gasteiger partial charge in [0.25, 0.3) is 0 Å². The van der Waals surface area contributed by atoms with E-state index in [1.54, 1.807) is 0 Å². The number of nitrogens with zero attached hydrogens (tertiary/aromatic N) is 2. The van der Waals surface area contributed by atoms with Gasteiger partial charge >= 0.3 is 6.09 Å². The van der Waals surface area contributed by atoms with Crippen molar-refractivity contribution < 1.29 is 14.3 Å². The number of carbonyl (C=O) groups is 1. The molecule has 0 radical (unpaired) electrons. The number of hydrogen-bond acceptors (Lipinski definition) is 4. The first-order valence-corrected chi connectivity index (χ1v) is 6.68. The smallest absolute Gasteiger partial charge is 0.410 e. The Morgan fingerprint density at radius 3 is 2.39 bits per heavy atom. The molecule has 0 aromatic heterocycles. The fourth-order valence-corrected chi connectivity index (χ4v) is 2.42. The van der Waals surface area contributed by atoms with Gasteiger partial charge in [0, 0.05) is 25.7 Å². The van der Waals surface area contributed by atoms with Crippen molar-refractivity contribution in [2.45, 2.75) is 45.4 Å². The van der Waals surface area contributed by atoms with Gasteiger partial charge in [-0.25, -0.2) is 4.79 Å². The molecule has 0 aliphatic carbocycles. The quantitative estimate of drug-likeness (QED) is 0.710. The first kappa shape index (κ1) is 13.6. The van der Waals surface area contributed by atoms with Crippen LogP contribution >= 0.6 is 0 Å². The van der Waals surface area contributed by atoms with Gasteiger partial charge in [-0.2, -0.15) is 0 Å². The van der Waals surface area contributed by atoms with E-state index in [2.05, 4.69) is 11.8 Å². The van der Waals surface area contributed by atoms with E-state index in [1.807, 2.05) is 25.7 Å². The van der Waals surface area contributed by atoms with Crippen molar-refractivity contribution in [2.75, 3.05) is 32.8 Å². The highest BCUT2D eigenvalue weighted by Crippen LogP contribution is 2.19. The van der Waals surface area contributed by atoms with Crippen LogP contribution in [-0.2, 0) is 9.47 Å². The number of carbonyl (C=O) groups excluding carboxylic acids is 1. The van der Waals surface area contributed by atoms with Gasteiger partial charge in [0.1, 0.15) is 5.60 Å².